The number of carbonyl (C=O) groups excluding carboxylic acids is 2. The molecule has 0 saturated heterocycles. The Hall–Kier alpha value is -2.53. The lowest BCUT2D eigenvalue weighted by Crippen LogP contribution is -2.69. The van der Waals surface area contributed by atoms with Crippen molar-refractivity contribution in [3.63, 3.8) is 0 Å². The Morgan fingerprint density at radius 2 is 1.78 bits per heavy atom. The third kappa shape index (κ3) is 4.45. The van der Waals surface area contributed by atoms with Crippen LogP contribution in [0, 0.1) is 28.1 Å². The Labute approximate surface area is 265 Å². The van der Waals surface area contributed by atoms with Gasteiger partial charge in [-0.1, -0.05) is 78.6 Å². The van der Waals surface area contributed by atoms with E-state index in [1.807, 2.05) is 41.5 Å². The molecule has 250 valence electrons. The van der Waals surface area contributed by atoms with Crippen LogP contribution in [0.15, 0.2) is 27.8 Å². The lowest BCUT2D eigenvalue weighted by atomic mass is 9.51. The number of rotatable bonds is 10. The smallest absolute Gasteiger partial charge is 0.344 e. The number of aromatic nitrogens is 1. The number of esters is 2. The highest BCUT2D eigenvalue weighted by Crippen LogP contribution is 2.78. The molecule has 0 amide bonds. The maximum absolute atomic E-state index is 13.8. The second-order valence-electron chi connectivity index (χ2n) is 14.9. The number of carbonyl (C=O) groups is 2. The standard InChI is InChI=1S/C35H51NO9/c1-9-12-13-14-24(38)44-34-18-31(5,6)33-16-19(4)29(43-30(41)25-22(10-2)36-45-23(25)11-3)35(33,42)27(39)20(17-37)15-21(28(33)40)26(34)32(34,7)8/h15-16,21,26-29,37,39-40,42H,9-14,17-18H2,1-8H3/t21-,26+,27+,28?,29-,33+,34-,35-/m0/s1. The van der Waals surface area contributed by atoms with Crippen molar-refractivity contribution >= 4 is 11.9 Å². The Bertz CT molecular complexity index is 1390. The van der Waals surface area contributed by atoms with E-state index in [1.54, 1.807) is 19.1 Å². The van der Waals surface area contributed by atoms with Crippen LogP contribution >= 0.6 is 0 Å². The Balaban J connectivity index is 1.64. The van der Waals surface area contributed by atoms with Gasteiger partial charge in [0.15, 0.2) is 11.9 Å². The van der Waals surface area contributed by atoms with Gasteiger partial charge in [-0.25, -0.2) is 4.79 Å². The topological polar surface area (TPSA) is 160 Å². The summed E-state index contributed by atoms with van der Waals surface area (Å²) in [5.74, 6) is -1.73. The molecular formula is C35H51NO9. The molecule has 8 atom stereocenters. The van der Waals surface area contributed by atoms with Crippen LogP contribution in [-0.2, 0) is 27.1 Å². The molecule has 10 heteroatoms. The number of unbranched alkanes of at least 4 members (excludes halogenated alkanes) is 2. The highest BCUT2D eigenvalue weighted by Gasteiger charge is 2.85. The Morgan fingerprint density at radius 3 is 2.38 bits per heavy atom. The molecule has 2 fully saturated rings. The van der Waals surface area contributed by atoms with Gasteiger partial charge in [-0.05, 0) is 42.7 Å². The molecule has 1 aromatic heterocycles. The first-order valence-corrected chi connectivity index (χ1v) is 16.6. The van der Waals surface area contributed by atoms with E-state index in [1.165, 1.54) is 0 Å². The van der Waals surface area contributed by atoms with Gasteiger partial charge in [0.2, 0.25) is 0 Å². The molecule has 2 saturated carbocycles. The summed E-state index contributed by atoms with van der Waals surface area (Å²) in [6, 6.07) is 0. The summed E-state index contributed by atoms with van der Waals surface area (Å²) >= 11 is 0. The first-order valence-electron chi connectivity index (χ1n) is 16.6. The molecule has 10 nitrogen and oxygen atoms in total. The van der Waals surface area contributed by atoms with Crippen molar-refractivity contribution in [1.29, 1.82) is 0 Å². The molecule has 45 heavy (non-hydrogen) atoms. The van der Waals surface area contributed by atoms with E-state index < -0.39 is 64.3 Å². The summed E-state index contributed by atoms with van der Waals surface area (Å²) in [7, 11) is 0. The Kier molecular flexibility index (Phi) is 8.51. The van der Waals surface area contributed by atoms with Crippen LogP contribution < -0.4 is 0 Å². The van der Waals surface area contributed by atoms with Gasteiger partial charge in [-0.15, -0.1) is 0 Å². The van der Waals surface area contributed by atoms with Crippen molar-refractivity contribution in [2.75, 3.05) is 6.61 Å². The van der Waals surface area contributed by atoms with E-state index in [9.17, 15) is 30.0 Å². The molecule has 1 unspecified atom stereocenters. The van der Waals surface area contributed by atoms with Gasteiger partial charge < -0.3 is 34.4 Å². The van der Waals surface area contributed by atoms with E-state index >= 15 is 0 Å². The molecule has 0 aliphatic heterocycles. The van der Waals surface area contributed by atoms with Crippen LogP contribution in [0.2, 0.25) is 0 Å². The quantitative estimate of drug-likeness (QED) is 0.168. The molecule has 1 heterocycles. The number of ether oxygens (including phenoxy) is 2. The zero-order chi connectivity index (χ0) is 33.3. The minimum atomic E-state index is -2.28. The van der Waals surface area contributed by atoms with Gasteiger partial charge in [0.1, 0.15) is 22.9 Å². The third-order valence-electron chi connectivity index (χ3n) is 11.8. The van der Waals surface area contributed by atoms with Gasteiger partial charge in [-0.3, -0.25) is 4.79 Å². The monoisotopic (exact) mass is 629 g/mol. The fourth-order valence-electron chi connectivity index (χ4n) is 9.59. The summed E-state index contributed by atoms with van der Waals surface area (Å²) < 4.78 is 17.9. The molecule has 4 N–H and O–H groups in total. The summed E-state index contributed by atoms with van der Waals surface area (Å²) in [5, 5.41) is 52.2. The average Bonchev–Trinajstić information content (AvgIpc) is 3.24. The van der Waals surface area contributed by atoms with Gasteiger partial charge in [-0.2, -0.15) is 0 Å². The SMILES string of the molecule is CCCCCC(=O)O[C@@]12CC(C)(C)[C@]34C=C(C)[C@H](OC(=O)c5c(CC)noc5CC)[C@@]3(O)[C@H](O)C(CO)=C[C@H](C4O)[C@@H]1C2(C)C. The number of aryl methyl sites for hydroxylation is 2. The number of fused-ring (bicyclic) bond motifs is 3. The summed E-state index contributed by atoms with van der Waals surface area (Å²) in [5.41, 5.74) is -5.14. The van der Waals surface area contributed by atoms with Gasteiger partial charge >= 0.3 is 11.9 Å². The van der Waals surface area contributed by atoms with E-state index in [0.29, 0.717) is 29.9 Å². The normalized spacial score (nSPS) is 37.4. The molecule has 4 aliphatic carbocycles. The maximum atomic E-state index is 13.8. The van der Waals surface area contributed by atoms with Gasteiger partial charge in [0, 0.05) is 30.1 Å². The van der Waals surface area contributed by atoms with Crippen LogP contribution in [-0.4, -0.2) is 73.6 Å². The van der Waals surface area contributed by atoms with Crippen molar-refractivity contribution in [2.45, 2.75) is 130 Å². The van der Waals surface area contributed by atoms with Crippen LogP contribution in [0.1, 0.15) is 109 Å². The van der Waals surface area contributed by atoms with E-state index in [2.05, 4.69) is 12.1 Å². The number of hydrogen-bond acceptors (Lipinski definition) is 10. The van der Waals surface area contributed by atoms with Crippen molar-refractivity contribution in [1.82, 2.24) is 5.16 Å². The van der Waals surface area contributed by atoms with Crippen LogP contribution in [0.4, 0.5) is 0 Å². The fraction of sp³-hybridized carbons (Fsp3) is 0.743. The first kappa shape index (κ1) is 33.8. The van der Waals surface area contributed by atoms with Gasteiger partial charge in [0.25, 0.3) is 0 Å². The molecule has 1 spiro atoms. The number of aliphatic hydroxyl groups excluding tert-OH is 3. The second-order valence-corrected chi connectivity index (χ2v) is 14.9. The van der Waals surface area contributed by atoms with Gasteiger partial charge in [0.05, 0.1) is 23.8 Å². The predicted octanol–water partition coefficient (Wildman–Crippen LogP) is 4.22. The van der Waals surface area contributed by atoms with Crippen molar-refractivity contribution in [3.8, 4) is 0 Å². The highest BCUT2D eigenvalue weighted by atomic mass is 16.6. The maximum Gasteiger partial charge on any atom is 0.344 e. The summed E-state index contributed by atoms with van der Waals surface area (Å²) in [6.07, 6.45) is 3.07. The summed E-state index contributed by atoms with van der Waals surface area (Å²) in [6.45, 7) is 14.7. The molecule has 2 bridgehead atoms. The lowest BCUT2D eigenvalue weighted by molar-refractivity contribution is -0.236. The minimum Gasteiger partial charge on any atom is -0.458 e. The summed E-state index contributed by atoms with van der Waals surface area (Å²) in [4.78, 5) is 27.1. The molecule has 1 aromatic rings. The average molecular weight is 630 g/mol. The fourth-order valence-corrected chi connectivity index (χ4v) is 9.59. The zero-order valence-electron chi connectivity index (χ0n) is 28.0. The number of nitrogens with zero attached hydrogens (tertiary/aromatic N) is 1. The van der Waals surface area contributed by atoms with Crippen molar-refractivity contribution in [2.24, 2.45) is 28.1 Å². The number of aliphatic hydroxyl groups is 4. The molecule has 4 aliphatic rings. The largest absolute Gasteiger partial charge is 0.458 e. The number of hydrogen-bond donors (Lipinski definition) is 4. The van der Waals surface area contributed by atoms with Crippen LogP contribution in [0.3, 0.4) is 0 Å². The predicted molar refractivity (Wildman–Crippen MR) is 165 cm³/mol. The van der Waals surface area contributed by atoms with E-state index in [-0.39, 0.29) is 35.9 Å². The third-order valence-corrected chi connectivity index (χ3v) is 11.8. The lowest BCUT2D eigenvalue weighted by Gasteiger charge is -2.56. The van der Waals surface area contributed by atoms with E-state index in [4.69, 9.17) is 14.0 Å². The van der Waals surface area contributed by atoms with E-state index in [0.717, 1.165) is 19.3 Å². The Morgan fingerprint density at radius 1 is 1.09 bits per heavy atom. The van der Waals surface area contributed by atoms with Crippen LogP contribution in [0.25, 0.3) is 0 Å². The highest BCUT2D eigenvalue weighted by molar-refractivity contribution is 5.92. The molecular weight excluding hydrogens is 578 g/mol. The second kappa shape index (κ2) is 11.3. The first-order chi connectivity index (χ1) is 21.1. The molecule has 0 radical (unpaired) electrons. The van der Waals surface area contributed by atoms with Crippen LogP contribution in [0.5, 0.6) is 0 Å². The zero-order valence-corrected chi connectivity index (χ0v) is 28.0. The van der Waals surface area contributed by atoms with Crippen molar-refractivity contribution in [3.05, 3.63) is 40.3 Å². The minimum absolute atomic E-state index is 0.115. The molecule has 5 rings (SSSR count). The van der Waals surface area contributed by atoms with Crippen molar-refractivity contribution < 1.29 is 44.0 Å². The molecule has 0 aromatic carbocycles.